The normalized spacial score (nSPS) is 22.5. The summed E-state index contributed by atoms with van der Waals surface area (Å²) in [5, 5.41) is 20.5. The molecule has 0 saturated carbocycles. The van der Waals surface area contributed by atoms with Gasteiger partial charge in [0.1, 0.15) is 11.9 Å². The number of aliphatic hydroxyl groups excluding tert-OH is 1. The Morgan fingerprint density at radius 3 is 2.67 bits per heavy atom. The molecule has 2 aromatic carbocycles. The number of nitrogens with zero attached hydrogens (tertiary/aromatic N) is 2. The molecule has 2 aliphatic rings. The van der Waals surface area contributed by atoms with Crippen LogP contribution in [0.3, 0.4) is 0 Å². The predicted molar refractivity (Wildman–Crippen MR) is 105 cm³/mol. The Hall–Kier alpha value is -2.35. The van der Waals surface area contributed by atoms with E-state index in [0.717, 1.165) is 49.2 Å². The van der Waals surface area contributed by atoms with Gasteiger partial charge in [0.25, 0.3) is 0 Å². The SMILES string of the molecule is C[C@H]1Cc2cc([C@@H](O)CN3CCC(C#N)(c4ccccc4)CC3)ccc2O1. The summed E-state index contributed by atoms with van der Waals surface area (Å²) in [6.45, 7) is 4.32. The second-order valence-corrected chi connectivity index (χ2v) is 7.88. The van der Waals surface area contributed by atoms with Crippen LogP contribution in [0.5, 0.6) is 5.75 Å². The number of ether oxygens (including phenoxy) is 1. The molecule has 0 bridgehead atoms. The van der Waals surface area contributed by atoms with E-state index in [2.05, 4.69) is 36.1 Å². The van der Waals surface area contributed by atoms with Gasteiger partial charge in [-0.15, -0.1) is 0 Å². The first-order valence-corrected chi connectivity index (χ1v) is 9.76. The molecule has 0 aliphatic carbocycles. The van der Waals surface area contributed by atoms with Gasteiger partial charge in [-0.3, -0.25) is 0 Å². The van der Waals surface area contributed by atoms with Crippen molar-refractivity contribution in [1.82, 2.24) is 4.90 Å². The highest BCUT2D eigenvalue weighted by molar-refractivity contribution is 5.41. The molecule has 4 rings (SSSR count). The van der Waals surface area contributed by atoms with Gasteiger partial charge in [0.15, 0.2) is 0 Å². The van der Waals surface area contributed by atoms with E-state index in [0.29, 0.717) is 6.54 Å². The van der Waals surface area contributed by atoms with E-state index in [9.17, 15) is 10.4 Å². The molecule has 0 amide bonds. The zero-order chi connectivity index (χ0) is 18.9. The Bertz CT molecular complexity index is 835. The molecule has 2 atom stereocenters. The molecule has 2 aromatic rings. The molecule has 2 aliphatic heterocycles. The molecule has 1 saturated heterocycles. The van der Waals surface area contributed by atoms with Crippen molar-refractivity contribution in [3.63, 3.8) is 0 Å². The van der Waals surface area contributed by atoms with Crippen LogP contribution in [-0.2, 0) is 11.8 Å². The van der Waals surface area contributed by atoms with Crippen molar-refractivity contribution in [3.05, 3.63) is 65.2 Å². The molecule has 4 heteroatoms. The average molecular weight is 362 g/mol. The zero-order valence-electron chi connectivity index (χ0n) is 15.8. The van der Waals surface area contributed by atoms with Crippen LogP contribution < -0.4 is 4.74 Å². The summed E-state index contributed by atoms with van der Waals surface area (Å²) in [5.74, 6) is 0.943. The van der Waals surface area contributed by atoms with Crippen LogP contribution in [0.15, 0.2) is 48.5 Å². The molecule has 0 unspecified atom stereocenters. The van der Waals surface area contributed by atoms with E-state index in [1.54, 1.807) is 0 Å². The quantitative estimate of drug-likeness (QED) is 0.903. The highest BCUT2D eigenvalue weighted by atomic mass is 16.5. The zero-order valence-corrected chi connectivity index (χ0v) is 15.8. The number of piperidine rings is 1. The molecular weight excluding hydrogens is 336 g/mol. The van der Waals surface area contributed by atoms with Crippen LogP contribution in [0, 0.1) is 11.3 Å². The topological polar surface area (TPSA) is 56.5 Å². The second-order valence-electron chi connectivity index (χ2n) is 7.88. The van der Waals surface area contributed by atoms with Gasteiger partial charge in [-0.05, 0) is 48.6 Å². The maximum absolute atomic E-state index is 10.7. The number of likely N-dealkylation sites (tertiary alicyclic amines) is 1. The Labute approximate surface area is 161 Å². The average Bonchev–Trinajstić information content (AvgIpc) is 3.08. The van der Waals surface area contributed by atoms with Gasteiger partial charge in [-0.1, -0.05) is 36.4 Å². The highest BCUT2D eigenvalue weighted by Crippen LogP contribution is 2.36. The Balaban J connectivity index is 1.39. The van der Waals surface area contributed by atoms with Crippen molar-refractivity contribution in [1.29, 1.82) is 5.26 Å². The van der Waals surface area contributed by atoms with E-state index in [1.807, 2.05) is 30.3 Å². The summed E-state index contributed by atoms with van der Waals surface area (Å²) in [6.07, 6.45) is 2.21. The first-order chi connectivity index (χ1) is 13.1. The van der Waals surface area contributed by atoms with Crippen LogP contribution in [0.25, 0.3) is 0 Å². The molecule has 0 radical (unpaired) electrons. The van der Waals surface area contributed by atoms with E-state index in [1.165, 1.54) is 5.56 Å². The highest BCUT2D eigenvalue weighted by Gasteiger charge is 2.36. The standard InChI is InChI=1S/C23H26N2O2/c1-17-13-19-14-18(7-8-22(19)27-17)21(26)15-25-11-9-23(16-24,10-12-25)20-5-3-2-4-6-20/h2-8,14,17,21,26H,9-13,15H2,1H3/t17-,21-/m0/s1. The monoisotopic (exact) mass is 362 g/mol. The van der Waals surface area contributed by atoms with E-state index >= 15 is 0 Å². The number of aliphatic hydroxyl groups is 1. The summed E-state index contributed by atoms with van der Waals surface area (Å²) in [4.78, 5) is 2.27. The molecule has 140 valence electrons. The Kier molecular flexibility index (Phi) is 4.90. The summed E-state index contributed by atoms with van der Waals surface area (Å²) in [7, 11) is 0. The van der Waals surface area contributed by atoms with Gasteiger partial charge in [0, 0.05) is 26.1 Å². The van der Waals surface area contributed by atoms with E-state index in [-0.39, 0.29) is 6.10 Å². The number of nitriles is 1. The van der Waals surface area contributed by atoms with Crippen LogP contribution in [-0.4, -0.2) is 35.7 Å². The molecule has 1 fully saturated rings. The first-order valence-electron chi connectivity index (χ1n) is 9.76. The molecular formula is C23H26N2O2. The molecule has 2 heterocycles. The minimum absolute atomic E-state index is 0.214. The maximum atomic E-state index is 10.7. The maximum Gasteiger partial charge on any atom is 0.123 e. The summed E-state index contributed by atoms with van der Waals surface area (Å²) in [5.41, 5.74) is 2.85. The lowest BCUT2D eigenvalue weighted by Crippen LogP contribution is -2.43. The minimum Gasteiger partial charge on any atom is -0.490 e. The molecule has 4 nitrogen and oxygen atoms in total. The van der Waals surface area contributed by atoms with Gasteiger partial charge in [-0.2, -0.15) is 5.26 Å². The number of rotatable bonds is 4. The molecule has 27 heavy (non-hydrogen) atoms. The van der Waals surface area contributed by atoms with Crippen molar-refractivity contribution in [2.24, 2.45) is 0 Å². The summed E-state index contributed by atoms with van der Waals surface area (Å²) >= 11 is 0. The van der Waals surface area contributed by atoms with E-state index in [4.69, 9.17) is 4.74 Å². The van der Waals surface area contributed by atoms with Crippen molar-refractivity contribution < 1.29 is 9.84 Å². The number of hydrogen-bond acceptors (Lipinski definition) is 4. The number of fused-ring (bicyclic) bond motifs is 1. The fraction of sp³-hybridized carbons (Fsp3) is 0.435. The van der Waals surface area contributed by atoms with Crippen molar-refractivity contribution in [3.8, 4) is 11.8 Å². The molecule has 0 aromatic heterocycles. The van der Waals surface area contributed by atoms with Crippen LogP contribution in [0.1, 0.15) is 42.6 Å². The lowest BCUT2D eigenvalue weighted by Gasteiger charge is -2.38. The van der Waals surface area contributed by atoms with Crippen LogP contribution in [0.4, 0.5) is 0 Å². The van der Waals surface area contributed by atoms with Crippen molar-refractivity contribution in [2.45, 2.75) is 43.8 Å². The smallest absolute Gasteiger partial charge is 0.123 e. The van der Waals surface area contributed by atoms with Gasteiger partial charge in [0.05, 0.1) is 17.6 Å². The molecule has 1 N–H and O–H groups in total. The van der Waals surface area contributed by atoms with Gasteiger partial charge >= 0.3 is 0 Å². The number of benzene rings is 2. The summed E-state index contributed by atoms with van der Waals surface area (Å²) < 4.78 is 5.75. The number of β-amino-alcohol motifs (C(OH)–C–C–N with tert-alkyl or cyclic N) is 1. The first kappa shape index (κ1) is 18.0. The molecule has 0 spiro atoms. The lowest BCUT2D eigenvalue weighted by atomic mass is 9.74. The van der Waals surface area contributed by atoms with Gasteiger partial charge < -0.3 is 14.7 Å². The Morgan fingerprint density at radius 1 is 1.22 bits per heavy atom. The van der Waals surface area contributed by atoms with Gasteiger partial charge in [-0.25, -0.2) is 0 Å². The van der Waals surface area contributed by atoms with Crippen molar-refractivity contribution >= 4 is 0 Å². The second kappa shape index (κ2) is 7.34. The van der Waals surface area contributed by atoms with Crippen LogP contribution in [0.2, 0.25) is 0 Å². The largest absolute Gasteiger partial charge is 0.490 e. The van der Waals surface area contributed by atoms with Gasteiger partial charge in [0.2, 0.25) is 0 Å². The fourth-order valence-corrected chi connectivity index (χ4v) is 4.34. The summed E-state index contributed by atoms with van der Waals surface area (Å²) in [6, 6.07) is 18.7. The fourth-order valence-electron chi connectivity index (χ4n) is 4.34. The van der Waals surface area contributed by atoms with E-state index < -0.39 is 11.5 Å². The van der Waals surface area contributed by atoms with Crippen LogP contribution >= 0.6 is 0 Å². The third-order valence-electron chi connectivity index (χ3n) is 5.99. The third kappa shape index (κ3) is 3.58. The van der Waals surface area contributed by atoms with Crippen molar-refractivity contribution in [2.75, 3.05) is 19.6 Å². The minimum atomic E-state index is -0.516. The lowest BCUT2D eigenvalue weighted by molar-refractivity contribution is 0.0897. The predicted octanol–water partition coefficient (Wildman–Crippen LogP) is 3.60. The number of hydrogen-bond donors (Lipinski definition) is 1. The Morgan fingerprint density at radius 2 is 1.96 bits per heavy atom. The third-order valence-corrected chi connectivity index (χ3v) is 5.99.